The first-order chi connectivity index (χ1) is 9.13. The number of ether oxygens (including phenoxy) is 1. The molecule has 3 atom stereocenters. The van der Waals surface area contributed by atoms with Gasteiger partial charge in [-0.2, -0.15) is 0 Å². The first kappa shape index (κ1) is 11.9. The molecular formula is C14H13NO4. The maximum Gasteiger partial charge on any atom is 0.314 e. The van der Waals surface area contributed by atoms with Crippen LogP contribution in [0.1, 0.15) is 12.8 Å². The lowest BCUT2D eigenvalue weighted by Gasteiger charge is -2.16. The topological polar surface area (TPSA) is 69.4 Å². The number of allylic oxidation sites excluding steroid dienone is 2. The number of rotatable bonds is 3. The number of carbonyl (C=O) groups excluding carboxylic acids is 1. The minimum atomic E-state index is -0.480. The van der Waals surface area contributed by atoms with Crippen molar-refractivity contribution in [1.29, 1.82) is 0 Å². The zero-order valence-corrected chi connectivity index (χ0v) is 10.2. The van der Waals surface area contributed by atoms with Crippen LogP contribution in [0.15, 0.2) is 36.4 Å². The largest absolute Gasteiger partial charge is 0.426 e. The van der Waals surface area contributed by atoms with Crippen molar-refractivity contribution in [1.82, 2.24) is 0 Å². The van der Waals surface area contributed by atoms with Crippen LogP contribution in [-0.4, -0.2) is 10.9 Å². The van der Waals surface area contributed by atoms with Crippen molar-refractivity contribution in [2.24, 2.45) is 17.8 Å². The molecule has 1 aromatic carbocycles. The van der Waals surface area contributed by atoms with Crippen LogP contribution in [0.3, 0.4) is 0 Å². The Morgan fingerprint density at radius 2 is 1.95 bits per heavy atom. The van der Waals surface area contributed by atoms with Gasteiger partial charge in [0, 0.05) is 12.1 Å². The number of carbonyl (C=O) groups is 1. The van der Waals surface area contributed by atoms with Gasteiger partial charge >= 0.3 is 5.97 Å². The van der Waals surface area contributed by atoms with Gasteiger partial charge in [-0.1, -0.05) is 12.2 Å². The third kappa shape index (κ3) is 2.23. The minimum absolute atomic E-state index is 0.0114. The molecule has 0 spiro atoms. The van der Waals surface area contributed by atoms with E-state index in [1.165, 1.54) is 24.3 Å². The molecule has 0 heterocycles. The van der Waals surface area contributed by atoms with E-state index in [-0.39, 0.29) is 17.6 Å². The molecule has 98 valence electrons. The number of nitro groups is 1. The van der Waals surface area contributed by atoms with Gasteiger partial charge in [0.05, 0.1) is 10.8 Å². The van der Waals surface area contributed by atoms with Crippen molar-refractivity contribution in [2.75, 3.05) is 0 Å². The van der Waals surface area contributed by atoms with Crippen LogP contribution < -0.4 is 4.74 Å². The summed E-state index contributed by atoms with van der Waals surface area (Å²) in [7, 11) is 0. The number of hydrogen-bond acceptors (Lipinski definition) is 4. The maximum absolute atomic E-state index is 12.0. The van der Waals surface area contributed by atoms with Gasteiger partial charge in [0.1, 0.15) is 5.75 Å². The summed E-state index contributed by atoms with van der Waals surface area (Å²) in [6.07, 6.45) is 6.16. The Kier molecular flexibility index (Phi) is 2.81. The maximum atomic E-state index is 12.0. The lowest BCUT2D eigenvalue weighted by molar-refractivity contribution is -0.384. The van der Waals surface area contributed by atoms with Crippen LogP contribution in [0.4, 0.5) is 5.69 Å². The molecule has 1 aromatic rings. The Morgan fingerprint density at radius 1 is 1.21 bits per heavy atom. The summed E-state index contributed by atoms with van der Waals surface area (Å²) in [4.78, 5) is 22.1. The number of non-ortho nitro benzene ring substituents is 1. The molecular weight excluding hydrogens is 246 g/mol. The fraction of sp³-hybridized carbons (Fsp3) is 0.357. The first-order valence-corrected chi connectivity index (χ1v) is 6.28. The molecule has 1 saturated carbocycles. The predicted octanol–water partition coefficient (Wildman–Crippen LogP) is 2.71. The molecule has 0 saturated heterocycles. The number of nitro benzene ring substituents is 1. The summed E-state index contributed by atoms with van der Waals surface area (Å²) in [6, 6.07) is 5.59. The van der Waals surface area contributed by atoms with Crippen LogP contribution in [0.5, 0.6) is 5.75 Å². The van der Waals surface area contributed by atoms with Gasteiger partial charge in [-0.05, 0) is 36.8 Å². The SMILES string of the molecule is O=C(Oc1ccc([N+](=O)[O-])cc1)C1CC2C=CC1C2. The van der Waals surface area contributed by atoms with Crippen molar-refractivity contribution >= 4 is 11.7 Å². The Morgan fingerprint density at radius 3 is 2.47 bits per heavy atom. The highest BCUT2D eigenvalue weighted by atomic mass is 16.6. The van der Waals surface area contributed by atoms with Crippen LogP contribution >= 0.6 is 0 Å². The van der Waals surface area contributed by atoms with E-state index >= 15 is 0 Å². The second kappa shape index (κ2) is 4.50. The molecule has 0 aromatic heterocycles. The number of hydrogen-bond donors (Lipinski definition) is 0. The number of benzene rings is 1. The van der Waals surface area contributed by atoms with Crippen LogP contribution in [-0.2, 0) is 4.79 Å². The molecule has 0 radical (unpaired) electrons. The lowest BCUT2D eigenvalue weighted by Crippen LogP contribution is -2.23. The molecule has 0 N–H and O–H groups in total. The van der Waals surface area contributed by atoms with Crippen molar-refractivity contribution in [3.05, 3.63) is 46.5 Å². The van der Waals surface area contributed by atoms with Gasteiger partial charge in [-0.15, -0.1) is 0 Å². The highest BCUT2D eigenvalue weighted by molar-refractivity contribution is 5.76. The predicted molar refractivity (Wildman–Crippen MR) is 67.6 cm³/mol. The summed E-state index contributed by atoms with van der Waals surface area (Å²) >= 11 is 0. The molecule has 3 unspecified atom stereocenters. The fourth-order valence-corrected chi connectivity index (χ4v) is 2.88. The standard InChI is InChI=1S/C14H13NO4/c16-14(13-8-9-1-2-10(13)7-9)19-12-5-3-11(4-6-12)15(17)18/h1-6,9-10,13H,7-8H2. The quantitative estimate of drug-likeness (QED) is 0.275. The van der Waals surface area contributed by atoms with Gasteiger partial charge in [-0.25, -0.2) is 0 Å². The summed E-state index contributed by atoms with van der Waals surface area (Å²) in [5.74, 6) is 0.883. The van der Waals surface area contributed by atoms with E-state index < -0.39 is 4.92 Å². The number of esters is 1. The van der Waals surface area contributed by atoms with Crippen molar-refractivity contribution in [3.8, 4) is 5.75 Å². The zero-order chi connectivity index (χ0) is 13.4. The number of nitrogens with zero attached hydrogens (tertiary/aromatic N) is 1. The smallest absolute Gasteiger partial charge is 0.314 e. The Labute approximate surface area is 110 Å². The third-order valence-corrected chi connectivity index (χ3v) is 3.85. The molecule has 2 bridgehead atoms. The van der Waals surface area contributed by atoms with E-state index in [0.29, 0.717) is 17.6 Å². The van der Waals surface area contributed by atoms with Crippen LogP contribution in [0.25, 0.3) is 0 Å². The molecule has 2 aliphatic rings. The fourth-order valence-electron chi connectivity index (χ4n) is 2.88. The normalized spacial score (nSPS) is 27.5. The molecule has 5 heteroatoms. The van der Waals surface area contributed by atoms with Gasteiger partial charge in [0.25, 0.3) is 5.69 Å². The van der Waals surface area contributed by atoms with Gasteiger partial charge < -0.3 is 4.74 Å². The lowest BCUT2D eigenvalue weighted by atomic mass is 9.94. The Hall–Kier alpha value is -2.17. The molecule has 19 heavy (non-hydrogen) atoms. The molecule has 1 fully saturated rings. The summed E-state index contributed by atoms with van der Waals surface area (Å²) in [6.45, 7) is 0. The van der Waals surface area contributed by atoms with Crippen molar-refractivity contribution in [3.63, 3.8) is 0 Å². The summed E-state index contributed by atoms with van der Waals surface area (Å²) < 4.78 is 5.29. The minimum Gasteiger partial charge on any atom is -0.426 e. The number of fused-ring (bicyclic) bond motifs is 2. The van der Waals surface area contributed by atoms with Crippen molar-refractivity contribution in [2.45, 2.75) is 12.8 Å². The van der Waals surface area contributed by atoms with Crippen LogP contribution in [0, 0.1) is 27.9 Å². The highest BCUT2D eigenvalue weighted by Gasteiger charge is 2.40. The monoisotopic (exact) mass is 259 g/mol. The Bertz CT molecular complexity index is 549. The molecule has 0 amide bonds. The second-order valence-electron chi connectivity index (χ2n) is 5.06. The first-order valence-electron chi connectivity index (χ1n) is 6.28. The molecule has 0 aliphatic heterocycles. The highest BCUT2D eigenvalue weighted by Crippen LogP contribution is 2.43. The van der Waals surface area contributed by atoms with Gasteiger partial charge in [-0.3, -0.25) is 14.9 Å². The van der Waals surface area contributed by atoms with Gasteiger partial charge in [0.15, 0.2) is 0 Å². The van der Waals surface area contributed by atoms with Crippen LogP contribution in [0.2, 0.25) is 0 Å². The molecule has 3 rings (SSSR count). The van der Waals surface area contributed by atoms with E-state index in [9.17, 15) is 14.9 Å². The zero-order valence-electron chi connectivity index (χ0n) is 10.2. The molecule has 2 aliphatic carbocycles. The van der Waals surface area contributed by atoms with E-state index in [4.69, 9.17) is 4.74 Å². The third-order valence-electron chi connectivity index (χ3n) is 3.85. The second-order valence-corrected chi connectivity index (χ2v) is 5.06. The van der Waals surface area contributed by atoms with Crippen molar-refractivity contribution < 1.29 is 14.5 Å². The van der Waals surface area contributed by atoms with E-state index in [1.807, 2.05) is 0 Å². The summed E-state index contributed by atoms with van der Waals surface area (Å²) in [5, 5.41) is 10.5. The average molecular weight is 259 g/mol. The van der Waals surface area contributed by atoms with E-state index in [0.717, 1.165) is 12.8 Å². The van der Waals surface area contributed by atoms with Gasteiger partial charge in [0.2, 0.25) is 0 Å². The Balaban J connectivity index is 1.66. The molecule has 5 nitrogen and oxygen atoms in total. The average Bonchev–Trinajstić information content (AvgIpc) is 3.01. The summed E-state index contributed by atoms with van der Waals surface area (Å²) in [5.41, 5.74) is -0.0114. The van der Waals surface area contributed by atoms with E-state index in [2.05, 4.69) is 12.2 Å². The van der Waals surface area contributed by atoms with E-state index in [1.54, 1.807) is 0 Å².